The molecule has 0 aliphatic carbocycles. The Bertz CT molecular complexity index is 1280. The van der Waals surface area contributed by atoms with Crippen LogP contribution >= 0.6 is 11.3 Å². The maximum Gasteiger partial charge on any atom is 0.474 e. The summed E-state index contributed by atoms with van der Waals surface area (Å²) in [7, 11) is -3.54. The molecule has 0 bridgehead atoms. The molecule has 1 amide bonds. The molecule has 1 saturated heterocycles. The van der Waals surface area contributed by atoms with Crippen molar-refractivity contribution in [2.24, 2.45) is 4.36 Å². The molecule has 0 spiro atoms. The zero-order chi connectivity index (χ0) is 23.8. The summed E-state index contributed by atoms with van der Waals surface area (Å²) in [5.41, 5.74) is 4.05. The highest BCUT2D eigenvalue weighted by Crippen LogP contribution is 2.27. The topological polar surface area (TPSA) is 78.8 Å². The molecule has 1 aliphatic rings. The first-order chi connectivity index (χ1) is 15.5. The minimum absolute atomic E-state index is 0.0199. The summed E-state index contributed by atoms with van der Waals surface area (Å²) in [5.74, 6) is -1.73. The first-order valence-corrected chi connectivity index (χ1v) is 13.0. The van der Waals surface area contributed by atoms with Gasteiger partial charge in [0, 0.05) is 44.7 Å². The third-order valence-electron chi connectivity index (χ3n) is 5.68. The molecule has 3 heterocycles. The van der Waals surface area contributed by atoms with Gasteiger partial charge in [0.05, 0.1) is 30.4 Å². The van der Waals surface area contributed by atoms with Crippen LogP contribution < -0.4 is 4.90 Å². The predicted molar refractivity (Wildman–Crippen MR) is 122 cm³/mol. The Morgan fingerprint density at radius 3 is 2.52 bits per heavy atom. The molecule has 1 aromatic carbocycles. The first kappa shape index (κ1) is 23.6. The fraction of sp³-hybridized carbons (Fsp3) is 0.381. The van der Waals surface area contributed by atoms with Crippen LogP contribution in [0, 0.1) is 0 Å². The lowest BCUT2D eigenvalue weighted by Gasteiger charge is -2.38. The van der Waals surface area contributed by atoms with Crippen LogP contribution in [0.3, 0.4) is 0 Å². The first-order valence-electron chi connectivity index (χ1n) is 10.2. The minimum atomic E-state index is -5.16. The zero-order valence-electron chi connectivity index (χ0n) is 18.0. The van der Waals surface area contributed by atoms with Gasteiger partial charge in [-0.2, -0.15) is 13.2 Å². The monoisotopic (exact) mass is 497 g/mol. The highest BCUT2D eigenvalue weighted by atomic mass is 32.2. The molecule has 0 N–H and O–H groups in total. The molecule has 2 unspecified atom stereocenters. The van der Waals surface area contributed by atoms with Crippen LogP contribution in [0.25, 0.3) is 10.2 Å². The predicted octanol–water partition coefficient (Wildman–Crippen LogP) is 4.12. The van der Waals surface area contributed by atoms with E-state index in [-0.39, 0.29) is 10.9 Å². The molecular formula is C21H22F3N5O2S2. The van der Waals surface area contributed by atoms with Crippen LogP contribution in [-0.4, -0.2) is 63.6 Å². The molecule has 1 aliphatic heterocycles. The summed E-state index contributed by atoms with van der Waals surface area (Å²) < 4.78 is 53.9. The molecular weight excluding hydrogens is 475 g/mol. The van der Waals surface area contributed by atoms with E-state index in [0.29, 0.717) is 18.9 Å². The quantitative estimate of drug-likeness (QED) is 0.540. The molecule has 0 saturated carbocycles. The highest BCUT2D eigenvalue weighted by molar-refractivity contribution is 7.93. The van der Waals surface area contributed by atoms with E-state index in [0.717, 1.165) is 29.6 Å². The second kappa shape index (κ2) is 8.99. The number of halogens is 3. The van der Waals surface area contributed by atoms with Crippen molar-refractivity contribution in [1.29, 1.82) is 0 Å². The van der Waals surface area contributed by atoms with Crippen LogP contribution in [0.4, 0.5) is 19.0 Å². The van der Waals surface area contributed by atoms with Gasteiger partial charge in [-0.25, -0.2) is 14.2 Å². The van der Waals surface area contributed by atoms with Gasteiger partial charge < -0.3 is 4.90 Å². The molecule has 0 radical (unpaired) electrons. The SMILES string of the molecule is CC(c1ccc2scnc2c1)N1CCN(c2ccc(S(C)(=O)=NC(=O)C(F)(F)F)cn2)CC1. The summed E-state index contributed by atoms with van der Waals surface area (Å²) >= 11 is 1.62. The third kappa shape index (κ3) is 5.17. The number of piperazine rings is 1. The average molecular weight is 498 g/mol. The molecule has 4 rings (SSSR count). The summed E-state index contributed by atoms with van der Waals surface area (Å²) in [6, 6.07) is 9.60. The van der Waals surface area contributed by atoms with Gasteiger partial charge >= 0.3 is 12.1 Å². The van der Waals surface area contributed by atoms with E-state index >= 15 is 0 Å². The maximum atomic E-state index is 12.5. The van der Waals surface area contributed by atoms with Crippen LogP contribution in [-0.2, 0) is 14.5 Å². The number of hydrogen-bond donors (Lipinski definition) is 0. The van der Waals surface area contributed by atoms with E-state index in [1.807, 2.05) is 5.51 Å². The number of pyridine rings is 1. The Labute approximate surface area is 193 Å². The standard InChI is InChI=1S/C21H22F3N5O2S2/c1-14(15-3-5-18-17(11-15)26-13-32-18)28-7-9-29(10-8-28)19-6-4-16(12-25-19)33(2,31)27-20(30)21(22,23)24/h3-6,11-14H,7-10H2,1-2H3. The van der Waals surface area contributed by atoms with Gasteiger partial charge in [-0.05, 0) is 36.8 Å². The molecule has 176 valence electrons. The number of fused-ring (bicyclic) bond motifs is 1. The molecule has 3 aromatic rings. The Hall–Kier alpha value is -2.57. The van der Waals surface area contributed by atoms with Gasteiger partial charge in [-0.1, -0.05) is 6.07 Å². The molecule has 2 aromatic heterocycles. The van der Waals surface area contributed by atoms with E-state index in [2.05, 4.69) is 49.3 Å². The van der Waals surface area contributed by atoms with Crippen molar-refractivity contribution in [2.75, 3.05) is 37.3 Å². The number of benzene rings is 1. The number of alkyl halides is 3. The summed E-state index contributed by atoms with van der Waals surface area (Å²) in [5, 5.41) is 0. The fourth-order valence-electron chi connectivity index (χ4n) is 3.73. The second-order valence-electron chi connectivity index (χ2n) is 7.83. The Kier molecular flexibility index (Phi) is 6.43. The van der Waals surface area contributed by atoms with Crippen LogP contribution in [0.5, 0.6) is 0 Å². The Morgan fingerprint density at radius 2 is 1.88 bits per heavy atom. The number of amides is 1. The number of anilines is 1. The Morgan fingerprint density at radius 1 is 1.15 bits per heavy atom. The van der Waals surface area contributed by atoms with Crippen LogP contribution in [0.2, 0.25) is 0 Å². The maximum absolute atomic E-state index is 12.5. The smallest absolute Gasteiger partial charge is 0.354 e. The van der Waals surface area contributed by atoms with Gasteiger partial charge in [-0.3, -0.25) is 9.69 Å². The van der Waals surface area contributed by atoms with Crippen molar-refractivity contribution in [3.63, 3.8) is 0 Å². The zero-order valence-corrected chi connectivity index (χ0v) is 19.6. The van der Waals surface area contributed by atoms with Crippen molar-refractivity contribution < 1.29 is 22.2 Å². The lowest BCUT2D eigenvalue weighted by Crippen LogP contribution is -2.47. The Balaban J connectivity index is 1.41. The number of carbonyl (C=O) groups is 1. The number of carbonyl (C=O) groups excluding carboxylic acids is 1. The molecule has 2 atom stereocenters. The van der Waals surface area contributed by atoms with Crippen molar-refractivity contribution >= 4 is 43.0 Å². The summed E-state index contributed by atoms with van der Waals surface area (Å²) in [4.78, 5) is 24.2. The van der Waals surface area contributed by atoms with E-state index in [1.54, 1.807) is 17.4 Å². The van der Waals surface area contributed by atoms with Crippen LogP contribution in [0.15, 0.2) is 51.3 Å². The summed E-state index contributed by atoms with van der Waals surface area (Å²) in [6.45, 7) is 5.21. The second-order valence-corrected chi connectivity index (χ2v) is 11.0. The number of thiazole rings is 1. The van der Waals surface area contributed by atoms with Crippen molar-refractivity contribution in [3.8, 4) is 0 Å². The number of aromatic nitrogens is 2. The molecule has 7 nitrogen and oxygen atoms in total. The molecule has 1 fully saturated rings. The van der Waals surface area contributed by atoms with Gasteiger partial charge in [-0.15, -0.1) is 15.7 Å². The minimum Gasteiger partial charge on any atom is -0.354 e. The largest absolute Gasteiger partial charge is 0.474 e. The highest BCUT2D eigenvalue weighted by Gasteiger charge is 2.39. The van der Waals surface area contributed by atoms with Crippen molar-refractivity contribution in [3.05, 3.63) is 47.6 Å². The van der Waals surface area contributed by atoms with Gasteiger partial charge in [0.25, 0.3) is 0 Å². The average Bonchev–Trinajstić information content (AvgIpc) is 3.26. The van der Waals surface area contributed by atoms with E-state index in [9.17, 15) is 22.2 Å². The van der Waals surface area contributed by atoms with Crippen molar-refractivity contribution in [1.82, 2.24) is 14.9 Å². The van der Waals surface area contributed by atoms with E-state index < -0.39 is 21.8 Å². The number of nitrogens with zero attached hydrogens (tertiary/aromatic N) is 5. The number of rotatable bonds is 4. The van der Waals surface area contributed by atoms with Gasteiger partial charge in [0.2, 0.25) is 0 Å². The number of hydrogen-bond acceptors (Lipinski definition) is 7. The van der Waals surface area contributed by atoms with Crippen LogP contribution in [0.1, 0.15) is 18.5 Å². The van der Waals surface area contributed by atoms with E-state index in [1.165, 1.54) is 17.8 Å². The summed E-state index contributed by atoms with van der Waals surface area (Å²) in [6.07, 6.45) is -2.94. The van der Waals surface area contributed by atoms with E-state index in [4.69, 9.17) is 0 Å². The molecule has 12 heteroatoms. The fourth-order valence-corrected chi connectivity index (χ4v) is 5.48. The third-order valence-corrected chi connectivity index (χ3v) is 8.12. The van der Waals surface area contributed by atoms with Gasteiger partial charge in [0.1, 0.15) is 5.82 Å². The molecule has 33 heavy (non-hydrogen) atoms. The van der Waals surface area contributed by atoms with Gasteiger partial charge in [0.15, 0.2) is 0 Å². The van der Waals surface area contributed by atoms with Crippen molar-refractivity contribution in [2.45, 2.75) is 24.0 Å². The lowest BCUT2D eigenvalue weighted by molar-refractivity contribution is -0.169. The normalized spacial score (nSPS) is 18.2. The lowest BCUT2D eigenvalue weighted by atomic mass is 10.1.